The number of rotatable bonds is 6. The first kappa shape index (κ1) is 67.4. The van der Waals surface area contributed by atoms with Crippen molar-refractivity contribution < 1.29 is 94.1 Å². The summed E-state index contributed by atoms with van der Waals surface area (Å²) in [5.74, 6) is -5.61. The van der Waals surface area contributed by atoms with Crippen LogP contribution in [0.5, 0.6) is 0 Å². The van der Waals surface area contributed by atoms with Gasteiger partial charge in [0, 0.05) is 0 Å². The number of Topliss-reactive ketones (excluding diaryl/α,β-unsaturated/α-hetero) is 6. The number of hydrogen-bond donors (Lipinski definition) is 0. The molecule has 0 aromatic carbocycles. The minimum atomic E-state index is -0.468. The molecule has 2 radical (unpaired) electrons. The van der Waals surface area contributed by atoms with Gasteiger partial charge in [0.1, 0.15) is 36.4 Å². The fraction of sp³-hybridized carbons (Fsp3) is 0.333. The molecule has 0 N–H and O–H groups in total. The van der Waals surface area contributed by atoms with Gasteiger partial charge in [-0.15, -0.1) is 34.6 Å². The van der Waals surface area contributed by atoms with E-state index in [2.05, 4.69) is 0 Å². The van der Waals surface area contributed by atoms with Gasteiger partial charge in [-0.05, 0) is 41.5 Å². The maximum absolute atomic E-state index is 10.3. The number of nitriles is 6. The van der Waals surface area contributed by atoms with Gasteiger partial charge in [0.25, 0.3) is 0 Å². The normalized spacial score (nSPS) is 11.2. The quantitative estimate of drug-likeness (QED) is 0.165. The van der Waals surface area contributed by atoms with Crippen LogP contribution in [0.4, 0.5) is 0 Å². The van der Waals surface area contributed by atoms with E-state index in [1.54, 1.807) is 0 Å². The Kier molecular flexibility index (Phi) is 45.7. The van der Waals surface area contributed by atoms with E-state index in [9.17, 15) is 59.4 Å². The minimum Gasteiger partial charge on any atom is -0.875 e. The zero-order valence-corrected chi connectivity index (χ0v) is 34.9. The summed E-state index contributed by atoms with van der Waals surface area (Å²) in [5, 5.41) is 111. The van der Waals surface area contributed by atoms with Gasteiger partial charge in [-0.25, -0.2) is 0 Å². The number of ketones is 6. The molecule has 0 saturated carbocycles. The smallest absolute Gasteiger partial charge is 0.875 e. The van der Waals surface area contributed by atoms with E-state index in [1.165, 1.54) is 120 Å². The standard InChI is InChI=1S/6C6H7NO2.2Cr/c6*1-4(8)6(3-7)5(2)9;;/h6*8H,1-2H3;;/q;;;;;;2*+3/p-6/b6*6-4-;;. The third-order valence-electron chi connectivity index (χ3n) is 4.90. The summed E-state index contributed by atoms with van der Waals surface area (Å²) in [5.41, 5.74) is -1.69. The van der Waals surface area contributed by atoms with E-state index in [4.69, 9.17) is 31.6 Å². The molecule has 0 aromatic rings. The summed E-state index contributed by atoms with van der Waals surface area (Å²) in [7, 11) is 0. The van der Waals surface area contributed by atoms with Crippen LogP contribution < -0.4 is 30.6 Å². The molecule has 0 aliphatic heterocycles. The largest absolute Gasteiger partial charge is 3.00 e. The van der Waals surface area contributed by atoms with Crippen LogP contribution in [0.2, 0.25) is 0 Å². The number of nitrogens with zero attached hydrogens (tertiary/aromatic N) is 6. The van der Waals surface area contributed by atoms with Gasteiger partial charge in [0.05, 0.1) is 33.4 Å². The molecule has 294 valence electrons. The third kappa shape index (κ3) is 35.7. The van der Waals surface area contributed by atoms with Crippen LogP contribution in [0.25, 0.3) is 0 Å². The van der Waals surface area contributed by atoms with Gasteiger partial charge in [0.15, 0.2) is 34.7 Å². The zero-order valence-electron chi connectivity index (χ0n) is 32.4. The average molecular weight is 849 g/mol. The molecule has 0 aliphatic carbocycles. The predicted molar refractivity (Wildman–Crippen MR) is 174 cm³/mol. The first-order valence-electron chi connectivity index (χ1n) is 14.3. The van der Waals surface area contributed by atoms with Crippen LogP contribution in [-0.4, -0.2) is 34.7 Å². The van der Waals surface area contributed by atoms with Crippen LogP contribution in [0.3, 0.4) is 0 Å². The van der Waals surface area contributed by atoms with Gasteiger partial charge in [0.2, 0.25) is 0 Å². The maximum Gasteiger partial charge on any atom is 3.00 e. The van der Waals surface area contributed by atoms with E-state index in [0.717, 1.165) is 0 Å². The topological polar surface area (TPSA) is 384 Å². The van der Waals surface area contributed by atoms with E-state index < -0.39 is 69.3 Å². The molecule has 0 aromatic heterocycles. The summed E-state index contributed by atoms with van der Waals surface area (Å²) in [6.07, 6.45) is 0. The van der Waals surface area contributed by atoms with Crippen molar-refractivity contribution in [3.63, 3.8) is 0 Å². The molecule has 0 rings (SSSR count). The molecule has 0 amide bonds. The van der Waals surface area contributed by atoms with Crippen molar-refractivity contribution in [2.75, 3.05) is 0 Å². The molecule has 18 nitrogen and oxygen atoms in total. The molecule has 0 heterocycles. The molecular weight excluding hydrogens is 812 g/mol. The van der Waals surface area contributed by atoms with Gasteiger partial charge < -0.3 is 30.6 Å². The SMILES string of the molecule is CC(=O)/C(C#N)=C(/C)[O-].CC(=O)/C(C#N)=C(/C)[O-].CC(=O)/C(C#N)=C(/C)[O-].CC(=O)/C(C#N)=C(/C)[O-].CC(=O)/C(C#N)=C(/C)[O-].CC(=O)/C(C#N)=C(/C)[O-].[Cr+3].[Cr+3]. The van der Waals surface area contributed by atoms with Crippen LogP contribution >= 0.6 is 0 Å². The Hall–Kier alpha value is -6.74. The Labute approximate surface area is 346 Å². The molecular formula is C36H36Cr2N6O12. The number of carbonyl (C=O) groups is 6. The Morgan fingerprint density at radius 1 is 0.268 bits per heavy atom. The second-order valence-electron chi connectivity index (χ2n) is 9.60. The van der Waals surface area contributed by atoms with E-state index in [1.807, 2.05) is 0 Å². The minimum absolute atomic E-state index is 0. The van der Waals surface area contributed by atoms with Crippen molar-refractivity contribution in [3.8, 4) is 36.4 Å². The van der Waals surface area contributed by atoms with Crippen molar-refractivity contribution in [1.82, 2.24) is 0 Å². The summed E-state index contributed by atoms with van der Waals surface area (Å²) in [4.78, 5) is 62.0. The van der Waals surface area contributed by atoms with E-state index in [0.29, 0.717) is 0 Å². The molecule has 0 bridgehead atoms. The average Bonchev–Trinajstić information content (AvgIpc) is 2.98. The second kappa shape index (κ2) is 38.0. The van der Waals surface area contributed by atoms with Gasteiger partial charge in [-0.3, -0.25) is 28.8 Å². The van der Waals surface area contributed by atoms with Crippen molar-refractivity contribution in [2.45, 2.75) is 83.1 Å². The van der Waals surface area contributed by atoms with E-state index in [-0.39, 0.29) is 68.2 Å². The molecule has 0 fully saturated rings. The molecule has 20 heteroatoms. The molecule has 0 saturated heterocycles. The Morgan fingerprint density at radius 2 is 0.339 bits per heavy atom. The predicted octanol–water partition coefficient (Wildman–Crippen LogP) is -1.61. The molecule has 56 heavy (non-hydrogen) atoms. The van der Waals surface area contributed by atoms with Crippen LogP contribution in [-0.2, 0) is 63.5 Å². The molecule has 0 atom stereocenters. The summed E-state index contributed by atoms with van der Waals surface area (Å²) >= 11 is 0. The second-order valence-corrected chi connectivity index (χ2v) is 9.60. The number of carbonyl (C=O) groups excluding carboxylic acids is 6. The van der Waals surface area contributed by atoms with Crippen LogP contribution in [0.15, 0.2) is 68.0 Å². The first-order valence-corrected chi connectivity index (χ1v) is 14.3. The van der Waals surface area contributed by atoms with Crippen LogP contribution in [0, 0.1) is 68.0 Å². The van der Waals surface area contributed by atoms with Crippen molar-refractivity contribution in [3.05, 3.63) is 68.0 Å². The summed E-state index contributed by atoms with van der Waals surface area (Å²) < 4.78 is 0. The van der Waals surface area contributed by atoms with Crippen molar-refractivity contribution in [2.24, 2.45) is 0 Å². The zero-order chi connectivity index (χ0) is 44.6. The fourth-order valence-electron chi connectivity index (χ4n) is 2.43. The van der Waals surface area contributed by atoms with Crippen LogP contribution in [0.1, 0.15) is 83.1 Å². The third-order valence-corrected chi connectivity index (χ3v) is 4.90. The summed E-state index contributed by atoms with van der Waals surface area (Å²) in [6, 6.07) is 9.11. The molecule has 0 aliphatic rings. The number of hydrogen-bond acceptors (Lipinski definition) is 18. The van der Waals surface area contributed by atoms with Gasteiger partial charge >= 0.3 is 34.7 Å². The molecule has 0 unspecified atom stereocenters. The summed E-state index contributed by atoms with van der Waals surface area (Å²) in [6.45, 7) is 14.3. The fourth-order valence-corrected chi connectivity index (χ4v) is 2.43. The van der Waals surface area contributed by atoms with Crippen molar-refractivity contribution >= 4 is 34.7 Å². The van der Waals surface area contributed by atoms with Gasteiger partial charge in [-0.1, -0.05) is 41.5 Å². The Bertz CT molecular complexity index is 1530. The first-order chi connectivity index (χ1) is 24.5. The monoisotopic (exact) mass is 848 g/mol. The Morgan fingerprint density at radius 3 is 0.339 bits per heavy atom. The van der Waals surface area contributed by atoms with Crippen molar-refractivity contribution in [1.29, 1.82) is 31.6 Å². The molecule has 0 spiro atoms. The number of allylic oxidation sites excluding steroid dienone is 12. The maximum atomic E-state index is 10.3. The van der Waals surface area contributed by atoms with Gasteiger partial charge in [-0.2, -0.15) is 31.6 Å². The Balaban J connectivity index is -0.0000000817. The van der Waals surface area contributed by atoms with E-state index >= 15 is 0 Å².